The van der Waals surface area contributed by atoms with Crippen molar-refractivity contribution in [2.75, 3.05) is 44.8 Å². The predicted octanol–water partition coefficient (Wildman–Crippen LogP) is 3.22. The smallest absolute Gasteiger partial charge is 0.261 e. The Morgan fingerprint density at radius 2 is 1.79 bits per heavy atom. The minimum atomic E-state index is -3.71. The fourth-order valence-electron chi connectivity index (χ4n) is 3.83. The summed E-state index contributed by atoms with van der Waals surface area (Å²) < 4.78 is 44.9. The molecule has 0 N–H and O–H groups in total. The van der Waals surface area contributed by atoms with Crippen molar-refractivity contribution in [2.24, 2.45) is 0 Å². The second-order valence-electron chi connectivity index (χ2n) is 7.52. The van der Waals surface area contributed by atoms with E-state index < -0.39 is 10.0 Å². The van der Waals surface area contributed by atoms with Crippen molar-refractivity contribution >= 4 is 15.7 Å². The molecule has 3 aromatic rings. The van der Waals surface area contributed by atoms with E-state index in [1.807, 2.05) is 38.1 Å². The van der Waals surface area contributed by atoms with E-state index in [1.54, 1.807) is 25.3 Å². The molecule has 0 amide bonds. The third-order valence-electron chi connectivity index (χ3n) is 5.57. The van der Waals surface area contributed by atoms with Crippen LogP contribution in [0.25, 0.3) is 11.5 Å². The molecule has 4 rings (SSSR count). The van der Waals surface area contributed by atoms with E-state index in [1.165, 1.54) is 4.31 Å². The lowest BCUT2D eigenvalue weighted by Gasteiger charge is -2.36. The number of hydrogen-bond acceptors (Lipinski definition) is 8. The highest BCUT2D eigenvalue weighted by molar-refractivity contribution is 7.89. The number of methoxy groups -OCH3 is 1. The van der Waals surface area contributed by atoms with Crippen molar-refractivity contribution in [3.63, 3.8) is 0 Å². The Balaban J connectivity index is 1.58. The number of rotatable bonds is 8. The molecule has 1 aliphatic heterocycles. The van der Waals surface area contributed by atoms with E-state index in [-0.39, 0.29) is 10.8 Å². The lowest BCUT2D eigenvalue weighted by Crippen LogP contribution is -2.48. The van der Waals surface area contributed by atoms with E-state index in [9.17, 15) is 8.42 Å². The molecule has 0 saturated carbocycles. The summed E-state index contributed by atoms with van der Waals surface area (Å²) in [6.45, 7) is 6.07. The average molecular weight is 473 g/mol. The number of benzene rings is 2. The standard InChI is InChI=1S/C23H28N4O5S/c1-4-22-24-23(32-25-22)18-16-17(10-11-20(18)31-5-2)33(28,29)27-14-12-26(13-15-27)19-8-6-7-9-21(19)30-3/h6-11,16H,4-5,12-15H2,1-3H3. The van der Waals surface area contributed by atoms with Crippen molar-refractivity contribution in [1.82, 2.24) is 14.4 Å². The van der Waals surface area contributed by atoms with Crippen LogP contribution in [0.15, 0.2) is 51.9 Å². The zero-order chi connectivity index (χ0) is 23.4. The van der Waals surface area contributed by atoms with Crippen LogP contribution in [0.4, 0.5) is 5.69 Å². The Hall–Kier alpha value is -3.11. The molecule has 0 unspecified atom stereocenters. The first-order chi connectivity index (χ1) is 16.0. The van der Waals surface area contributed by atoms with Gasteiger partial charge in [-0.1, -0.05) is 24.2 Å². The molecule has 2 aromatic carbocycles. The summed E-state index contributed by atoms with van der Waals surface area (Å²) in [6, 6.07) is 12.5. The minimum Gasteiger partial charge on any atom is -0.495 e. The van der Waals surface area contributed by atoms with Crippen molar-refractivity contribution in [2.45, 2.75) is 25.2 Å². The highest BCUT2D eigenvalue weighted by Gasteiger charge is 2.30. The van der Waals surface area contributed by atoms with Gasteiger partial charge in [0.15, 0.2) is 5.82 Å². The largest absolute Gasteiger partial charge is 0.495 e. The molecule has 10 heteroatoms. The molecule has 1 aliphatic rings. The molecular weight excluding hydrogens is 444 g/mol. The number of para-hydroxylation sites is 2. The average Bonchev–Trinajstić information content (AvgIpc) is 3.33. The summed E-state index contributed by atoms with van der Waals surface area (Å²) in [6.07, 6.45) is 0.613. The number of nitrogens with zero attached hydrogens (tertiary/aromatic N) is 4. The molecule has 1 aromatic heterocycles. The Bertz CT molecular complexity index is 1200. The van der Waals surface area contributed by atoms with Crippen LogP contribution in [0.2, 0.25) is 0 Å². The molecule has 2 heterocycles. The third-order valence-corrected chi connectivity index (χ3v) is 7.46. The summed E-state index contributed by atoms with van der Waals surface area (Å²) in [5.41, 5.74) is 1.43. The molecule has 9 nitrogen and oxygen atoms in total. The van der Waals surface area contributed by atoms with Gasteiger partial charge in [-0.05, 0) is 37.3 Å². The summed E-state index contributed by atoms with van der Waals surface area (Å²) in [5.74, 6) is 2.07. The molecule has 1 fully saturated rings. The quantitative estimate of drug-likeness (QED) is 0.493. The van der Waals surface area contributed by atoms with Crippen molar-refractivity contribution in [3.05, 3.63) is 48.3 Å². The summed E-state index contributed by atoms with van der Waals surface area (Å²) in [7, 11) is -2.08. The van der Waals surface area contributed by atoms with E-state index in [2.05, 4.69) is 15.0 Å². The van der Waals surface area contributed by atoms with Crippen molar-refractivity contribution in [3.8, 4) is 23.0 Å². The molecule has 0 radical (unpaired) electrons. The van der Waals surface area contributed by atoms with Gasteiger partial charge in [-0.25, -0.2) is 8.42 Å². The SMILES string of the molecule is CCOc1ccc(S(=O)(=O)N2CCN(c3ccccc3OC)CC2)cc1-c1nc(CC)no1. The lowest BCUT2D eigenvalue weighted by molar-refractivity contribution is 0.338. The van der Waals surface area contributed by atoms with Gasteiger partial charge in [-0.15, -0.1) is 0 Å². The molecule has 33 heavy (non-hydrogen) atoms. The number of sulfonamides is 1. The van der Waals surface area contributed by atoms with Gasteiger partial charge in [0, 0.05) is 32.6 Å². The van der Waals surface area contributed by atoms with Gasteiger partial charge in [0.1, 0.15) is 11.5 Å². The van der Waals surface area contributed by atoms with Crippen LogP contribution in [0.1, 0.15) is 19.7 Å². The first-order valence-electron chi connectivity index (χ1n) is 11.0. The second kappa shape index (κ2) is 9.80. The molecule has 0 spiro atoms. The zero-order valence-corrected chi connectivity index (χ0v) is 19.8. The Morgan fingerprint density at radius 3 is 2.45 bits per heavy atom. The van der Waals surface area contributed by atoms with Crippen molar-refractivity contribution < 1.29 is 22.4 Å². The van der Waals surface area contributed by atoms with Crippen molar-refractivity contribution in [1.29, 1.82) is 0 Å². The first-order valence-corrected chi connectivity index (χ1v) is 12.4. The van der Waals surface area contributed by atoms with Gasteiger partial charge >= 0.3 is 0 Å². The fraction of sp³-hybridized carbons (Fsp3) is 0.391. The molecule has 0 bridgehead atoms. The van der Waals surface area contributed by atoms with Gasteiger partial charge in [0.05, 0.1) is 29.9 Å². The molecule has 0 atom stereocenters. The van der Waals surface area contributed by atoms with Crippen LogP contribution in [-0.4, -0.2) is 62.8 Å². The maximum absolute atomic E-state index is 13.4. The predicted molar refractivity (Wildman–Crippen MR) is 124 cm³/mol. The number of hydrogen-bond donors (Lipinski definition) is 0. The maximum Gasteiger partial charge on any atom is 0.261 e. The fourth-order valence-corrected chi connectivity index (χ4v) is 5.28. The summed E-state index contributed by atoms with van der Waals surface area (Å²) >= 11 is 0. The number of anilines is 1. The minimum absolute atomic E-state index is 0.169. The number of aryl methyl sites for hydroxylation is 1. The maximum atomic E-state index is 13.4. The van der Waals surface area contributed by atoms with Crippen LogP contribution >= 0.6 is 0 Å². The highest BCUT2D eigenvalue weighted by atomic mass is 32.2. The first kappa shape index (κ1) is 23.1. The van der Waals surface area contributed by atoms with Crippen LogP contribution in [0, 0.1) is 0 Å². The van der Waals surface area contributed by atoms with Crippen LogP contribution in [-0.2, 0) is 16.4 Å². The highest BCUT2D eigenvalue weighted by Crippen LogP contribution is 2.33. The molecule has 0 aliphatic carbocycles. The van der Waals surface area contributed by atoms with Gasteiger partial charge in [0.2, 0.25) is 10.0 Å². The summed E-state index contributed by atoms with van der Waals surface area (Å²) in [4.78, 5) is 6.66. The number of piperazine rings is 1. The van der Waals surface area contributed by atoms with Crippen LogP contribution in [0.5, 0.6) is 11.5 Å². The number of aromatic nitrogens is 2. The number of ether oxygens (including phenoxy) is 2. The monoisotopic (exact) mass is 472 g/mol. The molecule has 1 saturated heterocycles. The third kappa shape index (κ3) is 4.67. The second-order valence-corrected chi connectivity index (χ2v) is 9.46. The Labute approximate surface area is 194 Å². The topological polar surface area (TPSA) is 98.0 Å². The van der Waals surface area contributed by atoms with E-state index in [0.717, 1.165) is 11.4 Å². The van der Waals surface area contributed by atoms with Crippen LogP contribution in [0.3, 0.4) is 0 Å². The normalized spacial score (nSPS) is 14.9. The van der Waals surface area contributed by atoms with Gasteiger partial charge < -0.3 is 18.9 Å². The molecule has 176 valence electrons. The zero-order valence-electron chi connectivity index (χ0n) is 19.0. The van der Waals surface area contributed by atoms with Gasteiger partial charge in [0.25, 0.3) is 5.89 Å². The Morgan fingerprint density at radius 1 is 1.03 bits per heavy atom. The van der Waals surface area contributed by atoms with E-state index in [0.29, 0.717) is 56.3 Å². The van der Waals surface area contributed by atoms with Gasteiger partial charge in [-0.2, -0.15) is 9.29 Å². The van der Waals surface area contributed by atoms with E-state index >= 15 is 0 Å². The summed E-state index contributed by atoms with van der Waals surface area (Å²) in [5, 5.41) is 3.93. The van der Waals surface area contributed by atoms with Gasteiger partial charge in [-0.3, -0.25) is 0 Å². The van der Waals surface area contributed by atoms with Crippen LogP contribution < -0.4 is 14.4 Å². The van der Waals surface area contributed by atoms with E-state index in [4.69, 9.17) is 14.0 Å². The lowest BCUT2D eigenvalue weighted by atomic mass is 10.2. The molecular formula is C23H28N4O5S. The Kier molecular flexibility index (Phi) is 6.85.